The molecule has 0 saturated heterocycles. The molecule has 0 amide bonds. The van der Waals surface area contributed by atoms with Crippen molar-refractivity contribution in [3.63, 3.8) is 0 Å². The first kappa shape index (κ1) is 31.2. The van der Waals surface area contributed by atoms with E-state index < -0.39 is 0 Å². The maximum atomic E-state index is 6.55. The van der Waals surface area contributed by atoms with Gasteiger partial charge < -0.3 is 4.42 Å². The number of fused-ring (bicyclic) bond motifs is 9. The first-order valence-corrected chi connectivity index (χ1v) is 18.6. The summed E-state index contributed by atoms with van der Waals surface area (Å²) in [6.07, 6.45) is 0. The molecule has 2 heterocycles. The maximum absolute atomic E-state index is 6.55. The van der Waals surface area contributed by atoms with E-state index in [1.54, 1.807) is 0 Å². The Bertz CT molecular complexity index is 3200. The van der Waals surface area contributed by atoms with Gasteiger partial charge in [-0.1, -0.05) is 170 Å². The highest BCUT2D eigenvalue weighted by Gasteiger charge is 2.20. The molecule has 11 rings (SSSR count). The summed E-state index contributed by atoms with van der Waals surface area (Å²) in [5, 5.41) is 9.48. The molecule has 55 heavy (non-hydrogen) atoms. The van der Waals surface area contributed by atoms with Crippen LogP contribution in [0.15, 0.2) is 199 Å². The average molecular weight is 701 g/mol. The standard InChI is InChI=1S/C52H32N2O/c1-3-12-33(13-4-1)35-22-24-36(25-23-35)51-53-50(49-47-32-38(34-14-5-2-6-15-34)27-29-48(47)55-52(49)54-51)40-17-11-16-37(30-40)39-26-28-45-43-20-8-7-18-41(43)42-19-9-10-21-44(42)46(45)31-39/h1-32H. The van der Waals surface area contributed by atoms with Gasteiger partial charge >= 0.3 is 0 Å². The van der Waals surface area contributed by atoms with Crippen LogP contribution in [0, 0.1) is 0 Å². The Morgan fingerprint density at radius 3 is 1.44 bits per heavy atom. The first-order chi connectivity index (χ1) is 27.2. The summed E-state index contributed by atoms with van der Waals surface area (Å²) in [7, 11) is 0. The molecule has 0 saturated carbocycles. The van der Waals surface area contributed by atoms with E-state index in [1.165, 1.54) is 37.9 Å². The predicted molar refractivity (Wildman–Crippen MR) is 229 cm³/mol. The van der Waals surface area contributed by atoms with Crippen molar-refractivity contribution < 1.29 is 4.42 Å². The molecule has 9 aromatic carbocycles. The van der Waals surface area contributed by atoms with Crippen LogP contribution in [0.2, 0.25) is 0 Å². The molecule has 3 nitrogen and oxygen atoms in total. The number of rotatable bonds is 5. The van der Waals surface area contributed by atoms with E-state index in [9.17, 15) is 0 Å². The first-order valence-electron chi connectivity index (χ1n) is 18.6. The average Bonchev–Trinajstić information content (AvgIpc) is 3.65. The van der Waals surface area contributed by atoms with Crippen molar-refractivity contribution >= 4 is 54.4 Å². The fraction of sp³-hybridized carbons (Fsp3) is 0. The van der Waals surface area contributed by atoms with Crippen LogP contribution in [0.4, 0.5) is 0 Å². The van der Waals surface area contributed by atoms with Crippen LogP contribution in [-0.4, -0.2) is 9.97 Å². The van der Waals surface area contributed by atoms with Gasteiger partial charge in [-0.25, -0.2) is 4.98 Å². The number of benzene rings is 9. The summed E-state index contributed by atoms with van der Waals surface area (Å²) < 4.78 is 6.55. The predicted octanol–water partition coefficient (Wildman–Crippen LogP) is 14.2. The van der Waals surface area contributed by atoms with Crippen LogP contribution in [0.25, 0.3) is 110 Å². The Morgan fingerprint density at radius 2 is 0.745 bits per heavy atom. The number of hydrogen-bond acceptors (Lipinski definition) is 3. The minimum atomic E-state index is 0.571. The third-order valence-electron chi connectivity index (χ3n) is 10.9. The van der Waals surface area contributed by atoms with Crippen molar-refractivity contribution in [2.75, 3.05) is 0 Å². The van der Waals surface area contributed by atoms with Gasteiger partial charge in [0.15, 0.2) is 5.82 Å². The van der Waals surface area contributed by atoms with E-state index in [2.05, 4.69) is 182 Å². The van der Waals surface area contributed by atoms with Crippen LogP contribution in [0.1, 0.15) is 0 Å². The fourth-order valence-corrected chi connectivity index (χ4v) is 8.20. The van der Waals surface area contributed by atoms with Crippen LogP contribution in [0.5, 0.6) is 0 Å². The minimum Gasteiger partial charge on any atom is -0.438 e. The van der Waals surface area contributed by atoms with E-state index >= 15 is 0 Å². The quantitative estimate of drug-likeness (QED) is 0.168. The molecule has 11 aromatic rings. The second-order valence-electron chi connectivity index (χ2n) is 14.1. The topological polar surface area (TPSA) is 38.9 Å². The number of nitrogens with zero attached hydrogens (tertiary/aromatic N) is 2. The van der Waals surface area contributed by atoms with Crippen molar-refractivity contribution in [1.29, 1.82) is 0 Å². The number of furan rings is 1. The molecule has 0 spiro atoms. The number of hydrogen-bond donors (Lipinski definition) is 0. The van der Waals surface area contributed by atoms with E-state index in [0.717, 1.165) is 61.0 Å². The number of aromatic nitrogens is 2. The Balaban J connectivity index is 1.11. The summed E-state index contributed by atoms with van der Waals surface area (Å²) in [5.74, 6) is 0.624. The molecule has 0 unspecified atom stereocenters. The van der Waals surface area contributed by atoms with E-state index in [4.69, 9.17) is 14.4 Å². The summed E-state index contributed by atoms with van der Waals surface area (Å²) in [4.78, 5) is 10.4. The van der Waals surface area contributed by atoms with Gasteiger partial charge in [0.1, 0.15) is 5.58 Å². The third kappa shape index (κ3) is 5.28. The normalized spacial score (nSPS) is 11.6. The molecule has 3 heteroatoms. The molecule has 0 N–H and O–H groups in total. The molecule has 0 aliphatic carbocycles. The van der Waals surface area contributed by atoms with Gasteiger partial charge in [-0.2, -0.15) is 4.98 Å². The van der Waals surface area contributed by atoms with E-state index in [1.807, 2.05) is 12.1 Å². The Morgan fingerprint density at radius 1 is 0.291 bits per heavy atom. The minimum absolute atomic E-state index is 0.571. The van der Waals surface area contributed by atoms with Crippen LogP contribution in [-0.2, 0) is 0 Å². The molecule has 0 bridgehead atoms. The lowest BCUT2D eigenvalue weighted by molar-refractivity contribution is 0.653. The smallest absolute Gasteiger partial charge is 0.231 e. The van der Waals surface area contributed by atoms with Crippen LogP contribution < -0.4 is 0 Å². The van der Waals surface area contributed by atoms with Crippen molar-refractivity contribution in [2.24, 2.45) is 0 Å². The highest BCUT2D eigenvalue weighted by atomic mass is 16.3. The van der Waals surface area contributed by atoms with Crippen LogP contribution in [0.3, 0.4) is 0 Å². The molecule has 0 fully saturated rings. The zero-order valence-electron chi connectivity index (χ0n) is 29.8. The zero-order chi connectivity index (χ0) is 36.3. The lowest BCUT2D eigenvalue weighted by Crippen LogP contribution is -1.94. The summed E-state index contributed by atoms with van der Waals surface area (Å²) in [6, 6.07) is 68.8. The monoisotopic (exact) mass is 700 g/mol. The molecule has 0 aliphatic heterocycles. The second kappa shape index (κ2) is 12.6. The summed E-state index contributed by atoms with van der Waals surface area (Å²) in [6.45, 7) is 0. The fourth-order valence-electron chi connectivity index (χ4n) is 8.20. The van der Waals surface area contributed by atoms with Crippen LogP contribution >= 0.6 is 0 Å². The van der Waals surface area contributed by atoms with Crippen molar-refractivity contribution in [3.05, 3.63) is 194 Å². The van der Waals surface area contributed by atoms with Gasteiger partial charge in [0.2, 0.25) is 5.71 Å². The molecule has 0 radical (unpaired) electrons. The molecule has 0 aliphatic rings. The van der Waals surface area contributed by atoms with Crippen molar-refractivity contribution in [1.82, 2.24) is 9.97 Å². The Labute approximate surface area is 317 Å². The molecule has 256 valence electrons. The van der Waals surface area contributed by atoms with Gasteiger partial charge in [0.25, 0.3) is 0 Å². The zero-order valence-corrected chi connectivity index (χ0v) is 29.8. The lowest BCUT2D eigenvalue weighted by Gasteiger charge is -2.13. The Kier molecular flexibility index (Phi) is 7.17. The highest BCUT2D eigenvalue weighted by Crippen LogP contribution is 2.41. The highest BCUT2D eigenvalue weighted by molar-refractivity contribution is 6.25. The van der Waals surface area contributed by atoms with E-state index in [-0.39, 0.29) is 0 Å². The lowest BCUT2D eigenvalue weighted by atomic mass is 9.91. The van der Waals surface area contributed by atoms with Gasteiger partial charge in [-0.15, -0.1) is 0 Å². The van der Waals surface area contributed by atoms with Gasteiger partial charge in [-0.3, -0.25) is 0 Å². The van der Waals surface area contributed by atoms with E-state index in [0.29, 0.717) is 11.5 Å². The summed E-state index contributed by atoms with van der Waals surface area (Å²) in [5.41, 5.74) is 11.0. The molecule has 2 aromatic heterocycles. The largest absolute Gasteiger partial charge is 0.438 e. The molecular weight excluding hydrogens is 669 g/mol. The second-order valence-corrected chi connectivity index (χ2v) is 14.1. The molecule has 0 atom stereocenters. The summed E-state index contributed by atoms with van der Waals surface area (Å²) >= 11 is 0. The molecular formula is C52H32N2O. The Hall–Kier alpha value is -7.36. The van der Waals surface area contributed by atoms with Crippen molar-refractivity contribution in [2.45, 2.75) is 0 Å². The van der Waals surface area contributed by atoms with Crippen molar-refractivity contribution in [3.8, 4) is 56.0 Å². The third-order valence-corrected chi connectivity index (χ3v) is 10.9. The van der Waals surface area contributed by atoms with Gasteiger partial charge in [0, 0.05) is 16.5 Å². The SMILES string of the molecule is c1ccc(-c2ccc(-c3nc(-c4cccc(-c5ccc6c7ccccc7c7ccccc7c6c5)c4)c4c(n3)oc3ccc(-c5ccccc5)cc34)cc2)cc1. The maximum Gasteiger partial charge on any atom is 0.231 e. The van der Waals surface area contributed by atoms with Gasteiger partial charge in [0.05, 0.1) is 11.1 Å². The van der Waals surface area contributed by atoms with Gasteiger partial charge in [-0.05, 0) is 90.0 Å².